The van der Waals surface area contributed by atoms with Crippen molar-refractivity contribution in [3.05, 3.63) is 53.6 Å². The van der Waals surface area contributed by atoms with Crippen molar-refractivity contribution in [3.8, 4) is 16.9 Å². The molecule has 32 heavy (non-hydrogen) atoms. The molecule has 2 aromatic carbocycles. The van der Waals surface area contributed by atoms with Crippen molar-refractivity contribution in [2.24, 2.45) is 5.41 Å². The summed E-state index contributed by atoms with van der Waals surface area (Å²) in [6.07, 6.45) is 4.91. The van der Waals surface area contributed by atoms with E-state index in [0.717, 1.165) is 49.9 Å². The van der Waals surface area contributed by atoms with Gasteiger partial charge in [-0.1, -0.05) is 24.3 Å². The van der Waals surface area contributed by atoms with E-state index in [1.54, 1.807) is 13.2 Å². The van der Waals surface area contributed by atoms with Gasteiger partial charge < -0.3 is 19.5 Å². The predicted molar refractivity (Wildman–Crippen MR) is 120 cm³/mol. The molecule has 5 rings (SSSR count). The van der Waals surface area contributed by atoms with Crippen LogP contribution in [0.3, 0.4) is 0 Å². The second-order valence-corrected chi connectivity index (χ2v) is 9.32. The molecule has 1 aliphatic carbocycles. The minimum absolute atomic E-state index is 0.179. The Morgan fingerprint density at radius 1 is 1.09 bits per heavy atom. The standard InChI is InChI=1S/C26H29NO5/c1-31-21-14-19(13-20(15-21)25(29)30)17-4-6-18(7-5-17)22-16-26(22)8-10-27(11-9-26)24(28)23-3-2-12-32-23/h4-7,13-15,22-23H,2-3,8-12,16H2,1H3,(H,29,30)/t22-,23?/m0/s1. The number of nitrogens with zero attached hydrogens (tertiary/aromatic N) is 1. The third-order valence-electron chi connectivity index (χ3n) is 7.50. The number of carboxylic acids is 1. The summed E-state index contributed by atoms with van der Waals surface area (Å²) < 4.78 is 10.9. The lowest BCUT2D eigenvalue weighted by atomic mass is 9.88. The molecule has 1 N–H and O–H groups in total. The van der Waals surface area contributed by atoms with E-state index >= 15 is 0 Å². The highest BCUT2D eigenvalue weighted by Crippen LogP contribution is 2.65. The normalized spacial score (nSPS) is 23.8. The van der Waals surface area contributed by atoms with Crippen LogP contribution in [-0.2, 0) is 9.53 Å². The van der Waals surface area contributed by atoms with Crippen molar-refractivity contribution in [2.45, 2.75) is 44.1 Å². The van der Waals surface area contributed by atoms with E-state index < -0.39 is 5.97 Å². The van der Waals surface area contributed by atoms with E-state index in [9.17, 15) is 14.7 Å². The molecule has 0 radical (unpaired) electrons. The van der Waals surface area contributed by atoms with E-state index in [-0.39, 0.29) is 17.6 Å². The van der Waals surface area contributed by atoms with E-state index in [0.29, 0.717) is 23.7 Å². The average molecular weight is 436 g/mol. The minimum atomic E-state index is -0.967. The molecule has 0 bridgehead atoms. The maximum Gasteiger partial charge on any atom is 0.335 e. The number of hydrogen-bond donors (Lipinski definition) is 1. The fourth-order valence-corrected chi connectivity index (χ4v) is 5.44. The Balaban J connectivity index is 1.25. The molecule has 6 heteroatoms. The number of carboxylic acid groups (broad SMARTS) is 1. The van der Waals surface area contributed by atoms with E-state index in [4.69, 9.17) is 9.47 Å². The predicted octanol–water partition coefficient (Wildman–Crippen LogP) is 4.34. The van der Waals surface area contributed by atoms with Gasteiger partial charge in [0.05, 0.1) is 12.7 Å². The van der Waals surface area contributed by atoms with Crippen molar-refractivity contribution in [1.82, 2.24) is 4.90 Å². The van der Waals surface area contributed by atoms with Crippen LogP contribution < -0.4 is 4.74 Å². The molecular weight excluding hydrogens is 406 g/mol. The highest BCUT2D eigenvalue weighted by molar-refractivity contribution is 5.90. The summed E-state index contributed by atoms with van der Waals surface area (Å²) in [5.74, 6) is 0.287. The van der Waals surface area contributed by atoms with Crippen LogP contribution in [0.25, 0.3) is 11.1 Å². The van der Waals surface area contributed by atoms with Gasteiger partial charge in [-0.25, -0.2) is 4.79 Å². The summed E-state index contributed by atoms with van der Waals surface area (Å²) in [4.78, 5) is 26.1. The Bertz CT molecular complexity index is 1020. The number of ether oxygens (including phenoxy) is 2. The first kappa shape index (κ1) is 21.0. The Labute approximate surface area is 188 Å². The molecule has 1 saturated carbocycles. The van der Waals surface area contributed by atoms with Crippen LogP contribution in [0.15, 0.2) is 42.5 Å². The topological polar surface area (TPSA) is 76.1 Å². The SMILES string of the molecule is COc1cc(C(=O)O)cc(-c2ccc([C@@H]3CC34CCN(C(=O)C3CCCO3)CC4)cc2)c1. The third kappa shape index (κ3) is 3.88. The summed E-state index contributed by atoms with van der Waals surface area (Å²) in [6.45, 7) is 2.36. The summed E-state index contributed by atoms with van der Waals surface area (Å²) in [5.41, 5.74) is 3.67. The van der Waals surface area contributed by atoms with E-state index in [2.05, 4.69) is 24.3 Å². The van der Waals surface area contributed by atoms with Gasteiger partial charge in [0, 0.05) is 19.7 Å². The molecule has 2 heterocycles. The second kappa shape index (κ2) is 8.24. The minimum Gasteiger partial charge on any atom is -0.497 e. The zero-order valence-corrected chi connectivity index (χ0v) is 18.4. The van der Waals surface area contributed by atoms with Crippen LogP contribution in [0, 0.1) is 5.41 Å². The van der Waals surface area contributed by atoms with Crippen molar-refractivity contribution >= 4 is 11.9 Å². The highest BCUT2D eigenvalue weighted by atomic mass is 16.5. The van der Waals surface area contributed by atoms with Crippen molar-refractivity contribution < 1.29 is 24.2 Å². The van der Waals surface area contributed by atoms with Crippen LogP contribution in [0.5, 0.6) is 5.75 Å². The molecule has 2 saturated heterocycles. The molecule has 3 aliphatic rings. The van der Waals surface area contributed by atoms with Crippen LogP contribution in [0.4, 0.5) is 0 Å². The molecule has 1 unspecified atom stereocenters. The molecule has 3 fully saturated rings. The van der Waals surface area contributed by atoms with E-state index in [1.165, 1.54) is 18.1 Å². The second-order valence-electron chi connectivity index (χ2n) is 9.32. The zero-order valence-electron chi connectivity index (χ0n) is 18.4. The number of carbonyl (C=O) groups excluding carboxylic acids is 1. The van der Waals surface area contributed by atoms with Gasteiger partial charge in [0.1, 0.15) is 11.9 Å². The number of likely N-dealkylation sites (tertiary alicyclic amines) is 1. The van der Waals surface area contributed by atoms with Crippen LogP contribution >= 0.6 is 0 Å². The van der Waals surface area contributed by atoms with Gasteiger partial charge in [-0.05, 0) is 78.3 Å². The maximum absolute atomic E-state index is 12.6. The van der Waals surface area contributed by atoms with Gasteiger partial charge in [-0.2, -0.15) is 0 Å². The molecule has 2 atom stereocenters. The number of carbonyl (C=O) groups is 2. The number of rotatable bonds is 5. The van der Waals surface area contributed by atoms with Gasteiger partial charge in [0.15, 0.2) is 0 Å². The fraction of sp³-hybridized carbons (Fsp3) is 0.462. The lowest BCUT2D eigenvalue weighted by molar-refractivity contribution is -0.142. The maximum atomic E-state index is 12.6. The summed E-state index contributed by atoms with van der Waals surface area (Å²) in [6, 6.07) is 13.5. The number of hydrogen-bond acceptors (Lipinski definition) is 4. The van der Waals surface area contributed by atoms with Gasteiger partial charge in [0.25, 0.3) is 5.91 Å². The van der Waals surface area contributed by atoms with Gasteiger partial charge in [0.2, 0.25) is 0 Å². The first-order valence-corrected chi connectivity index (χ1v) is 11.4. The largest absolute Gasteiger partial charge is 0.497 e. The quantitative estimate of drug-likeness (QED) is 0.756. The van der Waals surface area contributed by atoms with Crippen molar-refractivity contribution in [3.63, 3.8) is 0 Å². The van der Waals surface area contributed by atoms with Gasteiger partial charge in [-0.15, -0.1) is 0 Å². The summed E-state index contributed by atoms with van der Waals surface area (Å²) >= 11 is 0. The molecule has 6 nitrogen and oxygen atoms in total. The van der Waals surface area contributed by atoms with E-state index in [1.807, 2.05) is 11.0 Å². The number of piperidine rings is 1. The van der Waals surface area contributed by atoms with Gasteiger partial charge in [-0.3, -0.25) is 4.79 Å². The lowest BCUT2D eigenvalue weighted by Crippen LogP contribution is -2.44. The first-order valence-electron chi connectivity index (χ1n) is 11.4. The van der Waals surface area contributed by atoms with Gasteiger partial charge >= 0.3 is 5.97 Å². The monoisotopic (exact) mass is 435 g/mol. The number of amides is 1. The Morgan fingerprint density at radius 3 is 2.47 bits per heavy atom. The Morgan fingerprint density at radius 2 is 1.84 bits per heavy atom. The number of aromatic carboxylic acids is 1. The molecule has 1 amide bonds. The first-order chi connectivity index (χ1) is 15.5. The molecular formula is C26H29NO5. The Kier molecular flexibility index (Phi) is 5.41. The molecule has 0 aromatic heterocycles. The average Bonchev–Trinajstić information content (AvgIpc) is 3.24. The van der Waals surface area contributed by atoms with Crippen molar-refractivity contribution in [1.29, 1.82) is 0 Å². The third-order valence-corrected chi connectivity index (χ3v) is 7.50. The molecule has 1 spiro atoms. The number of benzene rings is 2. The molecule has 168 valence electrons. The smallest absolute Gasteiger partial charge is 0.335 e. The summed E-state index contributed by atoms with van der Waals surface area (Å²) in [7, 11) is 1.54. The fourth-order valence-electron chi connectivity index (χ4n) is 5.44. The lowest BCUT2D eigenvalue weighted by Gasteiger charge is -2.34. The van der Waals surface area contributed by atoms with Crippen LogP contribution in [-0.4, -0.2) is 54.8 Å². The number of methoxy groups -OCH3 is 1. The summed E-state index contributed by atoms with van der Waals surface area (Å²) in [5, 5.41) is 9.37. The van der Waals surface area contributed by atoms with Crippen molar-refractivity contribution in [2.75, 3.05) is 26.8 Å². The highest BCUT2D eigenvalue weighted by Gasteiger charge is 2.55. The van der Waals surface area contributed by atoms with Crippen LogP contribution in [0.1, 0.15) is 53.9 Å². The molecule has 2 aromatic rings. The van der Waals surface area contributed by atoms with Crippen LogP contribution in [0.2, 0.25) is 0 Å². The molecule has 2 aliphatic heterocycles. The zero-order chi connectivity index (χ0) is 22.3. The Hall–Kier alpha value is -2.86.